The normalized spacial score (nSPS) is 24.7. The van der Waals surface area contributed by atoms with Gasteiger partial charge in [-0.2, -0.15) is 13.2 Å². The van der Waals surface area contributed by atoms with Crippen molar-refractivity contribution in [3.8, 4) is 0 Å². The molecule has 0 unspecified atom stereocenters. The first kappa shape index (κ1) is 10.8. The second-order valence-electron chi connectivity index (χ2n) is 3.63. The fourth-order valence-electron chi connectivity index (χ4n) is 1.61. The molecule has 0 aromatic carbocycles. The van der Waals surface area contributed by atoms with Crippen molar-refractivity contribution in [3.63, 3.8) is 0 Å². The van der Waals surface area contributed by atoms with Crippen molar-refractivity contribution < 1.29 is 18.3 Å². The Morgan fingerprint density at radius 3 is 2.15 bits per heavy atom. The zero-order chi connectivity index (χ0) is 10.1. The van der Waals surface area contributed by atoms with Gasteiger partial charge >= 0.3 is 6.18 Å². The number of likely N-dealkylation sites (tertiary alicyclic amines) is 1. The molecule has 0 spiro atoms. The summed E-state index contributed by atoms with van der Waals surface area (Å²) in [7, 11) is 1.87. The minimum absolute atomic E-state index is 0.428. The highest BCUT2D eigenvalue weighted by molar-refractivity contribution is 4.80. The van der Waals surface area contributed by atoms with Crippen LogP contribution in [0.2, 0.25) is 0 Å². The first-order chi connectivity index (χ1) is 5.91. The van der Waals surface area contributed by atoms with Crippen LogP contribution >= 0.6 is 0 Å². The lowest BCUT2D eigenvalue weighted by molar-refractivity contribution is -0.222. The van der Waals surface area contributed by atoms with E-state index in [0.717, 1.165) is 0 Å². The van der Waals surface area contributed by atoms with Crippen molar-refractivity contribution in [2.45, 2.75) is 25.1 Å². The highest BCUT2D eigenvalue weighted by Crippen LogP contribution is 2.31. The molecule has 5 heteroatoms. The Morgan fingerprint density at radius 1 is 1.31 bits per heavy atom. The second kappa shape index (κ2) is 3.84. The molecule has 0 aliphatic carbocycles. The topological polar surface area (TPSA) is 23.5 Å². The number of halogens is 3. The molecule has 1 aliphatic rings. The van der Waals surface area contributed by atoms with Crippen LogP contribution in [-0.2, 0) is 0 Å². The number of alkyl halides is 3. The Kier molecular flexibility index (Phi) is 3.18. The van der Waals surface area contributed by atoms with E-state index in [9.17, 15) is 13.2 Å². The highest BCUT2D eigenvalue weighted by Gasteiger charge is 2.43. The number of aliphatic hydroxyl groups is 1. The maximum absolute atomic E-state index is 12.1. The molecule has 1 heterocycles. The Morgan fingerprint density at radius 2 is 1.77 bits per heavy atom. The van der Waals surface area contributed by atoms with E-state index < -0.39 is 18.2 Å². The van der Waals surface area contributed by atoms with Gasteiger partial charge in [-0.05, 0) is 38.9 Å². The van der Waals surface area contributed by atoms with Crippen molar-refractivity contribution in [2.75, 3.05) is 20.1 Å². The van der Waals surface area contributed by atoms with E-state index in [4.69, 9.17) is 5.11 Å². The largest absolute Gasteiger partial charge is 0.414 e. The molecular formula is C8H14F3NO. The number of aliphatic hydroxyl groups excluding tert-OH is 1. The molecule has 1 aliphatic heterocycles. The Labute approximate surface area is 75.3 Å². The lowest BCUT2D eigenvalue weighted by Gasteiger charge is -2.32. The number of piperidine rings is 1. The third kappa shape index (κ3) is 2.84. The summed E-state index contributed by atoms with van der Waals surface area (Å²) in [6.07, 6.45) is -5.74. The lowest BCUT2D eigenvalue weighted by atomic mass is 9.91. The molecular weight excluding hydrogens is 183 g/mol. The maximum atomic E-state index is 12.1. The first-order valence-electron chi connectivity index (χ1n) is 4.34. The average molecular weight is 197 g/mol. The average Bonchev–Trinajstić information content (AvgIpc) is 2.03. The molecule has 1 atom stereocenters. The summed E-state index contributed by atoms with van der Waals surface area (Å²) in [5, 5.41) is 8.95. The summed E-state index contributed by atoms with van der Waals surface area (Å²) < 4.78 is 36.2. The first-order valence-corrected chi connectivity index (χ1v) is 4.34. The van der Waals surface area contributed by atoms with Gasteiger partial charge < -0.3 is 10.0 Å². The van der Waals surface area contributed by atoms with Crippen molar-refractivity contribution in [3.05, 3.63) is 0 Å². The monoisotopic (exact) mass is 197 g/mol. The lowest BCUT2D eigenvalue weighted by Crippen LogP contribution is -2.42. The van der Waals surface area contributed by atoms with Gasteiger partial charge in [0.15, 0.2) is 6.10 Å². The highest BCUT2D eigenvalue weighted by atomic mass is 19.4. The van der Waals surface area contributed by atoms with Crippen molar-refractivity contribution in [1.29, 1.82) is 0 Å². The summed E-state index contributed by atoms with van der Waals surface area (Å²) in [5.41, 5.74) is 0. The van der Waals surface area contributed by atoms with E-state index in [0.29, 0.717) is 25.9 Å². The van der Waals surface area contributed by atoms with E-state index in [1.54, 1.807) is 0 Å². The summed E-state index contributed by atoms with van der Waals surface area (Å²) in [4.78, 5) is 1.97. The number of nitrogens with zero attached hydrogens (tertiary/aromatic N) is 1. The summed E-state index contributed by atoms with van der Waals surface area (Å²) >= 11 is 0. The third-order valence-corrected chi connectivity index (χ3v) is 2.55. The summed E-state index contributed by atoms with van der Waals surface area (Å²) in [5.74, 6) is -0.615. The molecule has 0 aromatic heterocycles. The third-order valence-electron chi connectivity index (χ3n) is 2.55. The minimum Gasteiger partial charge on any atom is -0.383 e. The molecule has 1 N–H and O–H groups in total. The van der Waals surface area contributed by atoms with Gasteiger partial charge in [0.25, 0.3) is 0 Å². The van der Waals surface area contributed by atoms with E-state index in [1.165, 1.54) is 0 Å². The maximum Gasteiger partial charge on any atom is 0.414 e. The van der Waals surface area contributed by atoms with Gasteiger partial charge in [0.1, 0.15) is 0 Å². The predicted molar refractivity (Wildman–Crippen MR) is 42.3 cm³/mol. The summed E-state index contributed by atoms with van der Waals surface area (Å²) in [6, 6.07) is 0. The molecule has 1 rings (SSSR count). The van der Waals surface area contributed by atoms with Crippen molar-refractivity contribution in [2.24, 2.45) is 5.92 Å². The minimum atomic E-state index is -4.46. The van der Waals surface area contributed by atoms with Crippen LogP contribution in [-0.4, -0.2) is 42.4 Å². The molecule has 0 bridgehead atoms. The second-order valence-corrected chi connectivity index (χ2v) is 3.63. The van der Waals surface area contributed by atoms with E-state index >= 15 is 0 Å². The molecule has 0 saturated carbocycles. The van der Waals surface area contributed by atoms with Crippen LogP contribution in [0.15, 0.2) is 0 Å². The Hall–Kier alpha value is -0.290. The van der Waals surface area contributed by atoms with Crippen LogP contribution in [0.3, 0.4) is 0 Å². The van der Waals surface area contributed by atoms with E-state index in [-0.39, 0.29) is 0 Å². The molecule has 13 heavy (non-hydrogen) atoms. The SMILES string of the molecule is CN1CCC([C@@H](O)C(F)(F)F)CC1. The molecule has 0 radical (unpaired) electrons. The van der Waals surface area contributed by atoms with Gasteiger partial charge in [-0.3, -0.25) is 0 Å². The van der Waals surface area contributed by atoms with Crippen LogP contribution in [0.1, 0.15) is 12.8 Å². The number of rotatable bonds is 1. The van der Waals surface area contributed by atoms with Crippen molar-refractivity contribution >= 4 is 0 Å². The zero-order valence-electron chi connectivity index (χ0n) is 7.51. The van der Waals surface area contributed by atoms with Crippen LogP contribution in [0, 0.1) is 5.92 Å². The van der Waals surface area contributed by atoms with Gasteiger partial charge in [0, 0.05) is 0 Å². The summed E-state index contributed by atoms with van der Waals surface area (Å²) in [6.45, 7) is 1.27. The standard InChI is InChI=1S/C8H14F3NO/c1-12-4-2-6(3-5-12)7(13)8(9,10)11/h6-7,13H,2-5H2,1H3/t7-/m1/s1. The van der Waals surface area contributed by atoms with Crippen LogP contribution in [0.5, 0.6) is 0 Å². The van der Waals surface area contributed by atoms with E-state index in [2.05, 4.69) is 0 Å². The van der Waals surface area contributed by atoms with E-state index in [1.807, 2.05) is 11.9 Å². The van der Waals surface area contributed by atoms with Gasteiger partial charge in [0.2, 0.25) is 0 Å². The van der Waals surface area contributed by atoms with Crippen LogP contribution in [0.25, 0.3) is 0 Å². The van der Waals surface area contributed by atoms with Crippen molar-refractivity contribution in [1.82, 2.24) is 4.90 Å². The predicted octanol–water partition coefficient (Wildman–Crippen LogP) is 1.25. The molecule has 1 saturated heterocycles. The Balaban J connectivity index is 2.45. The smallest absolute Gasteiger partial charge is 0.383 e. The van der Waals surface area contributed by atoms with Gasteiger partial charge in [0.05, 0.1) is 0 Å². The molecule has 0 amide bonds. The zero-order valence-corrected chi connectivity index (χ0v) is 7.51. The van der Waals surface area contributed by atoms with Gasteiger partial charge in [-0.25, -0.2) is 0 Å². The molecule has 78 valence electrons. The number of hydrogen-bond acceptors (Lipinski definition) is 2. The molecule has 1 fully saturated rings. The van der Waals surface area contributed by atoms with Gasteiger partial charge in [-0.1, -0.05) is 0 Å². The van der Waals surface area contributed by atoms with Crippen LogP contribution < -0.4 is 0 Å². The molecule has 2 nitrogen and oxygen atoms in total. The number of hydrogen-bond donors (Lipinski definition) is 1. The van der Waals surface area contributed by atoms with Gasteiger partial charge in [-0.15, -0.1) is 0 Å². The fraction of sp³-hybridized carbons (Fsp3) is 1.00. The fourth-order valence-corrected chi connectivity index (χ4v) is 1.61. The Bertz CT molecular complexity index is 163. The van der Waals surface area contributed by atoms with Crippen LogP contribution in [0.4, 0.5) is 13.2 Å². The molecule has 0 aromatic rings. The quantitative estimate of drug-likeness (QED) is 0.684.